The van der Waals surface area contributed by atoms with Crippen molar-refractivity contribution in [1.82, 2.24) is 9.97 Å². The molecule has 0 saturated heterocycles. The van der Waals surface area contributed by atoms with Gasteiger partial charge in [0.05, 0.1) is 23.8 Å². The predicted octanol–water partition coefficient (Wildman–Crippen LogP) is 7.44. The van der Waals surface area contributed by atoms with Crippen LogP contribution in [0.25, 0.3) is 0 Å². The standard InChI is InChI=1S/C18H21N3O4S2.C17H19N3O4S2/c1-11-7-8-14(13(9-11)16(22)12-5-3-4-6-12)20-17(23)21-18-19-10-15(26-18)27(2,24)25;1-26(23,24)14-10-18-17(25-14)20-16(22)19-13-9-5-4-8-12(13)15(21)11-6-2-3-7-11/h7-10,12H,3-6H2,1-2H3,(H2,19,20,21,23);4-5,8-11H,2-3,6-7H2,1H3,(H2,18,19,20,22). The van der Waals surface area contributed by atoms with Crippen molar-refractivity contribution in [2.75, 3.05) is 33.8 Å². The van der Waals surface area contributed by atoms with Crippen LogP contribution < -0.4 is 21.3 Å². The minimum Gasteiger partial charge on any atom is -0.307 e. The second-order valence-corrected chi connectivity index (χ2v) is 19.5. The highest BCUT2D eigenvalue weighted by atomic mass is 32.2. The van der Waals surface area contributed by atoms with E-state index in [9.17, 15) is 36.0 Å². The highest BCUT2D eigenvalue weighted by molar-refractivity contribution is 7.93. The van der Waals surface area contributed by atoms with E-state index in [0.717, 1.165) is 92.1 Å². The molecule has 0 aliphatic heterocycles. The zero-order valence-corrected chi connectivity index (χ0v) is 32.6. The van der Waals surface area contributed by atoms with Crippen LogP contribution in [-0.4, -0.2) is 62.9 Å². The summed E-state index contributed by atoms with van der Waals surface area (Å²) < 4.78 is 46.1. The number of anilines is 4. The van der Waals surface area contributed by atoms with Gasteiger partial charge in [-0.15, -0.1) is 0 Å². The molecule has 2 saturated carbocycles. The number of hydrogen-bond acceptors (Lipinski definition) is 12. The molecule has 14 nitrogen and oxygen atoms in total. The Balaban J connectivity index is 0.000000204. The third kappa shape index (κ3) is 10.8. The molecule has 0 unspecified atom stereocenters. The van der Waals surface area contributed by atoms with Gasteiger partial charge in [0.25, 0.3) is 0 Å². The molecule has 2 aromatic heterocycles. The SMILES string of the molecule is CS(=O)(=O)c1cnc(NC(=O)Nc2ccccc2C(=O)C2CCCC2)s1.Cc1ccc(NC(=O)Nc2ncc(S(C)(=O)=O)s2)c(C(=O)C2CCCC2)c1. The molecule has 2 aliphatic rings. The third-order valence-electron chi connectivity index (χ3n) is 8.72. The molecule has 2 fully saturated rings. The molecule has 0 spiro atoms. The lowest BCUT2D eigenvalue weighted by Gasteiger charge is -2.14. The fraction of sp³-hybridized carbons (Fsp3) is 0.371. The molecule has 0 atom stereocenters. The van der Waals surface area contributed by atoms with E-state index in [1.165, 1.54) is 12.4 Å². The monoisotopic (exact) mass is 800 g/mol. The van der Waals surface area contributed by atoms with Crippen molar-refractivity contribution in [1.29, 1.82) is 0 Å². The summed E-state index contributed by atoms with van der Waals surface area (Å²) in [7, 11) is -6.73. The van der Waals surface area contributed by atoms with Crippen molar-refractivity contribution in [3.8, 4) is 0 Å². The normalized spacial score (nSPS) is 14.9. The predicted molar refractivity (Wildman–Crippen MR) is 206 cm³/mol. The maximum atomic E-state index is 12.8. The van der Waals surface area contributed by atoms with Crippen molar-refractivity contribution in [3.05, 3.63) is 71.5 Å². The summed E-state index contributed by atoms with van der Waals surface area (Å²) in [6, 6.07) is 11.1. The van der Waals surface area contributed by atoms with Crippen LogP contribution in [-0.2, 0) is 19.7 Å². The molecule has 2 heterocycles. The molecule has 282 valence electrons. The van der Waals surface area contributed by atoms with Crippen LogP contribution >= 0.6 is 22.7 Å². The van der Waals surface area contributed by atoms with Crippen LogP contribution in [0.4, 0.5) is 31.2 Å². The maximum Gasteiger partial charge on any atom is 0.325 e. The minimum atomic E-state index is -3.37. The van der Waals surface area contributed by atoms with Crippen molar-refractivity contribution in [2.24, 2.45) is 11.8 Å². The summed E-state index contributed by atoms with van der Waals surface area (Å²) in [5.74, 6) is 0.121. The van der Waals surface area contributed by atoms with E-state index < -0.39 is 31.7 Å². The van der Waals surface area contributed by atoms with E-state index in [0.29, 0.717) is 22.5 Å². The number of urea groups is 2. The fourth-order valence-electron chi connectivity index (χ4n) is 6.07. The van der Waals surface area contributed by atoms with Gasteiger partial charge in [-0.2, -0.15) is 0 Å². The van der Waals surface area contributed by atoms with E-state index >= 15 is 0 Å². The zero-order chi connectivity index (χ0) is 38.3. The molecule has 0 bridgehead atoms. The smallest absolute Gasteiger partial charge is 0.307 e. The van der Waals surface area contributed by atoms with Crippen molar-refractivity contribution < 1.29 is 36.0 Å². The van der Waals surface area contributed by atoms with Crippen molar-refractivity contribution in [2.45, 2.75) is 66.7 Å². The van der Waals surface area contributed by atoms with Gasteiger partial charge in [0, 0.05) is 35.5 Å². The van der Waals surface area contributed by atoms with E-state index in [1.807, 2.05) is 13.0 Å². The van der Waals surface area contributed by atoms with E-state index in [1.54, 1.807) is 36.4 Å². The molecule has 2 aliphatic carbocycles. The van der Waals surface area contributed by atoms with Crippen LogP contribution in [0.3, 0.4) is 0 Å². The number of nitrogens with one attached hydrogen (secondary N) is 4. The van der Waals surface area contributed by atoms with Gasteiger partial charge in [0.15, 0.2) is 41.5 Å². The number of Topliss-reactive ketones (excluding diaryl/α,β-unsaturated/α-hetero) is 2. The number of para-hydroxylation sites is 1. The highest BCUT2D eigenvalue weighted by Gasteiger charge is 2.27. The molecule has 18 heteroatoms. The van der Waals surface area contributed by atoms with Crippen molar-refractivity contribution >= 4 is 87.6 Å². The average molecular weight is 801 g/mol. The van der Waals surface area contributed by atoms with Gasteiger partial charge in [-0.25, -0.2) is 36.4 Å². The molecule has 4 amide bonds. The molecular formula is C35H40N6O8S4. The number of carbonyl (C=O) groups is 4. The fourth-order valence-corrected chi connectivity index (χ4v) is 9.34. The first-order valence-electron chi connectivity index (χ1n) is 16.8. The maximum absolute atomic E-state index is 12.8. The Morgan fingerprint density at radius 1 is 0.623 bits per heavy atom. The van der Waals surface area contributed by atoms with E-state index in [-0.39, 0.29) is 42.1 Å². The summed E-state index contributed by atoms with van der Waals surface area (Å²) in [5.41, 5.74) is 2.82. The highest BCUT2D eigenvalue weighted by Crippen LogP contribution is 2.32. The molecule has 4 N–H and O–H groups in total. The minimum absolute atomic E-state index is 0.00620. The van der Waals surface area contributed by atoms with Crippen LogP contribution in [0, 0.1) is 18.8 Å². The van der Waals surface area contributed by atoms with Gasteiger partial charge in [0.1, 0.15) is 8.42 Å². The average Bonchev–Trinajstić information content (AvgIpc) is 3.93. The Bertz CT molecular complexity index is 2220. The number of aryl methyl sites for hydroxylation is 1. The Labute approximate surface area is 316 Å². The number of nitrogens with zero attached hydrogens (tertiary/aromatic N) is 2. The lowest BCUT2D eigenvalue weighted by atomic mass is 9.94. The topological polar surface area (TPSA) is 210 Å². The quantitative estimate of drug-likeness (QED) is 0.117. The molecule has 0 radical (unpaired) electrons. The molecular weight excluding hydrogens is 761 g/mol. The Morgan fingerprint density at radius 3 is 1.51 bits per heavy atom. The summed E-state index contributed by atoms with van der Waals surface area (Å²) in [6.07, 6.45) is 12.3. The van der Waals surface area contributed by atoms with Gasteiger partial charge in [-0.1, -0.05) is 72.1 Å². The summed E-state index contributed by atoms with van der Waals surface area (Å²) in [6.45, 7) is 1.90. The third-order valence-corrected chi connectivity index (χ3v) is 14.1. The number of aromatic nitrogens is 2. The van der Waals surface area contributed by atoms with Crippen LogP contribution in [0.2, 0.25) is 0 Å². The summed E-state index contributed by atoms with van der Waals surface area (Å²) >= 11 is 1.75. The largest absolute Gasteiger partial charge is 0.325 e. The van der Waals surface area contributed by atoms with Crippen LogP contribution in [0.5, 0.6) is 0 Å². The van der Waals surface area contributed by atoms with E-state index in [4.69, 9.17) is 0 Å². The van der Waals surface area contributed by atoms with Crippen molar-refractivity contribution in [3.63, 3.8) is 0 Å². The second-order valence-electron chi connectivity index (χ2n) is 13.0. The van der Waals surface area contributed by atoms with Crippen LogP contribution in [0.15, 0.2) is 63.3 Å². The number of amides is 4. The Hall–Kier alpha value is -4.52. The summed E-state index contributed by atoms with van der Waals surface area (Å²) in [4.78, 5) is 57.8. The zero-order valence-electron chi connectivity index (χ0n) is 29.3. The lowest BCUT2D eigenvalue weighted by Crippen LogP contribution is -2.22. The summed E-state index contributed by atoms with van der Waals surface area (Å²) in [5, 5.41) is 10.7. The van der Waals surface area contributed by atoms with Gasteiger partial charge < -0.3 is 10.6 Å². The Morgan fingerprint density at radius 2 is 1.06 bits per heavy atom. The molecule has 4 aromatic rings. The first-order chi connectivity index (χ1) is 25.1. The van der Waals surface area contributed by atoms with E-state index in [2.05, 4.69) is 31.2 Å². The number of rotatable bonds is 10. The number of ketones is 2. The number of carbonyl (C=O) groups excluding carboxylic acids is 4. The van der Waals surface area contributed by atoms with Gasteiger partial charge in [-0.05, 0) is 56.9 Å². The van der Waals surface area contributed by atoms with Gasteiger partial charge >= 0.3 is 12.1 Å². The lowest BCUT2D eigenvalue weighted by molar-refractivity contribution is 0.0916. The van der Waals surface area contributed by atoms with Gasteiger partial charge in [-0.3, -0.25) is 20.2 Å². The second kappa shape index (κ2) is 17.1. The molecule has 53 heavy (non-hydrogen) atoms. The number of hydrogen-bond donors (Lipinski definition) is 4. The number of sulfone groups is 2. The first-order valence-corrected chi connectivity index (χ1v) is 22.3. The number of benzene rings is 2. The first kappa shape index (κ1) is 39.7. The number of thiazole rings is 2. The molecule has 2 aromatic carbocycles. The van der Waals surface area contributed by atoms with Gasteiger partial charge in [0.2, 0.25) is 0 Å². The molecule has 6 rings (SSSR count). The van der Waals surface area contributed by atoms with Crippen LogP contribution in [0.1, 0.15) is 77.6 Å². The Kier molecular flexibility index (Phi) is 12.8.